The molecular formula is C33H36N4O. The van der Waals surface area contributed by atoms with Crippen LogP contribution in [0.4, 0.5) is 5.82 Å². The summed E-state index contributed by atoms with van der Waals surface area (Å²) < 4.78 is 0. The molecule has 5 heteroatoms. The van der Waals surface area contributed by atoms with Crippen LogP contribution in [0.3, 0.4) is 0 Å². The first-order valence-electron chi connectivity index (χ1n) is 13.6. The topological polar surface area (TPSA) is 49.3 Å². The summed E-state index contributed by atoms with van der Waals surface area (Å²) in [5.41, 5.74) is 6.72. The standard InChI is InChI=1S/C33H36N4O/c1-4-29(27-15-9-6-10-16-27)33(38)37-20-18-36(19-21-37)32-30(23-26-13-7-5-8-14-26)25(3)34-31(35-32)28-17-11-12-24(2)22-28/h5-17,22,29H,4,18-21,23H2,1-3H3. The molecule has 1 aromatic heterocycles. The molecular weight excluding hydrogens is 468 g/mol. The first-order chi connectivity index (χ1) is 18.5. The van der Waals surface area contributed by atoms with Crippen molar-refractivity contribution in [2.75, 3.05) is 31.1 Å². The van der Waals surface area contributed by atoms with E-state index in [2.05, 4.69) is 86.3 Å². The van der Waals surface area contributed by atoms with Gasteiger partial charge in [0.1, 0.15) is 5.82 Å². The Balaban J connectivity index is 1.42. The number of benzene rings is 3. The third kappa shape index (κ3) is 5.62. The van der Waals surface area contributed by atoms with E-state index in [0.29, 0.717) is 13.1 Å². The van der Waals surface area contributed by atoms with Gasteiger partial charge in [-0.3, -0.25) is 4.79 Å². The van der Waals surface area contributed by atoms with Gasteiger partial charge in [-0.05, 0) is 37.5 Å². The van der Waals surface area contributed by atoms with Crippen LogP contribution in [0.1, 0.15) is 47.2 Å². The van der Waals surface area contributed by atoms with Crippen LogP contribution in [0, 0.1) is 13.8 Å². The van der Waals surface area contributed by atoms with Crippen molar-refractivity contribution >= 4 is 11.7 Å². The minimum absolute atomic E-state index is 0.0920. The lowest BCUT2D eigenvalue weighted by molar-refractivity contribution is -0.133. The molecule has 1 unspecified atom stereocenters. The van der Waals surface area contributed by atoms with Crippen molar-refractivity contribution in [3.63, 3.8) is 0 Å². The molecule has 0 spiro atoms. The molecule has 0 bridgehead atoms. The van der Waals surface area contributed by atoms with Gasteiger partial charge in [0, 0.05) is 49.4 Å². The number of aryl methyl sites for hydroxylation is 2. The van der Waals surface area contributed by atoms with Crippen LogP contribution in [-0.4, -0.2) is 47.0 Å². The molecule has 5 rings (SSSR count). The minimum atomic E-state index is -0.0920. The van der Waals surface area contributed by atoms with Gasteiger partial charge in [-0.15, -0.1) is 0 Å². The van der Waals surface area contributed by atoms with Gasteiger partial charge in [0.25, 0.3) is 0 Å². The summed E-state index contributed by atoms with van der Waals surface area (Å²) in [5.74, 6) is 1.87. The van der Waals surface area contributed by atoms with Gasteiger partial charge < -0.3 is 9.80 Å². The van der Waals surface area contributed by atoms with Crippen molar-refractivity contribution in [3.05, 3.63) is 113 Å². The van der Waals surface area contributed by atoms with Crippen LogP contribution < -0.4 is 4.90 Å². The van der Waals surface area contributed by atoms with Gasteiger partial charge in [0.05, 0.1) is 5.92 Å². The van der Waals surface area contributed by atoms with E-state index < -0.39 is 0 Å². The monoisotopic (exact) mass is 504 g/mol. The Morgan fingerprint density at radius 3 is 2.18 bits per heavy atom. The van der Waals surface area contributed by atoms with Crippen molar-refractivity contribution < 1.29 is 4.79 Å². The molecule has 38 heavy (non-hydrogen) atoms. The molecule has 0 aliphatic carbocycles. The van der Waals surface area contributed by atoms with E-state index in [4.69, 9.17) is 9.97 Å². The molecule has 1 atom stereocenters. The lowest BCUT2D eigenvalue weighted by Crippen LogP contribution is -2.50. The zero-order valence-corrected chi connectivity index (χ0v) is 22.6. The molecule has 4 aromatic rings. The lowest BCUT2D eigenvalue weighted by atomic mass is 9.94. The first kappa shape index (κ1) is 25.7. The molecule has 2 heterocycles. The van der Waals surface area contributed by atoms with Gasteiger partial charge in [-0.1, -0.05) is 91.3 Å². The number of anilines is 1. The van der Waals surface area contributed by atoms with Crippen LogP contribution in [0.2, 0.25) is 0 Å². The van der Waals surface area contributed by atoms with Crippen LogP contribution in [-0.2, 0) is 11.2 Å². The third-order valence-corrected chi connectivity index (χ3v) is 7.49. The van der Waals surface area contributed by atoms with Crippen molar-refractivity contribution in [3.8, 4) is 11.4 Å². The Morgan fingerprint density at radius 1 is 0.842 bits per heavy atom. The number of hydrogen-bond donors (Lipinski definition) is 0. The van der Waals surface area contributed by atoms with E-state index >= 15 is 0 Å². The highest BCUT2D eigenvalue weighted by molar-refractivity contribution is 5.84. The van der Waals surface area contributed by atoms with Crippen LogP contribution in [0.25, 0.3) is 11.4 Å². The Bertz CT molecular complexity index is 1380. The Kier molecular flexibility index (Phi) is 7.83. The molecule has 5 nitrogen and oxygen atoms in total. The van der Waals surface area contributed by atoms with Crippen molar-refractivity contribution in [2.24, 2.45) is 0 Å². The number of carbonyl (C=O) groups excluding carboxylic acids is 1. The number of carbonyl (C=O) groups is 1. The highest BCUT2D eigenvalue weighted by Gasteiger charge is 2.29. The number of hydrogen-bond acceptors (Lipinski definition) is 4. The van der Waals surface area contributed by atoms with Gasteiger partial charge in [-0.2, -0.15) is 0 Å². The fraction of sp³-hybridized carbons (Fsp3) is 0.303. The average molecular weight is 505 g/mol. The molecule has 0 radical (unpaired) electrons. The third-order valence-electron chi connectivity index (χ3n) is 7.49. The summed E-state index contributed by atoms with van der Waals surface area (Å²) >= 11 is 0. The molecule has 1 saturated heterocycles. The minimum Gasteiger partial charge on any atom is -0.353 e. The molecule has 194 valence electrons. The van der Waals surface area contributed by atoms with Crippen molar-refractivity contribution in [1.29, 1.82) is 0 Å². The molecule has 1 aliphatic heterocycles. The molecule has 3 aromatic carbocycles. The second-order valence-electron chi connectivity index (χ2n) is 10.2. The Morgan fingerprint density at radius 2 is 1.53 bits per heavy atom. The van der Waals surface area contributed by atoms with E-state index in [1.165, 1.54) is 11.1 Å². The zero-order valence-electron chi connectivity index (χ0n) is 22.6. The predicted molar refractivity (Wildman–Crippen MR) is 154 cm³/mol. The fourth-order valence-electron chi connectivity index (χ4n) is 5.36. The Hall–Kier alpha value is -3.99. The van der Waals surface area contributed by atoms with Crippen molar-refractivity contribution in [2.45, 2.75) is 39.5 Å². The molecule has 0 N–H and O–H groups in total. The maximum atomic E-state index is 13.5. The SMILES string of the molecule is CCC(C(=O)N1CCN(c2nc(-c3cccc(C)c3)nc(C)c2Cc2ccccc2)CC1)c1ccccc1. The summed E-state index contributed by atoms with van der Waals surface area (Å²) in [6.45, 7) is 9.17. The number of rotatable bonds is 7. The summed E-state index contributed by atoms with van der Waals surface area (Å²) in [4.78, 5) is 28.0. The van der Waals surface area contributed by atoms with Gasteiger partial charge in [-0.25, -0.2) is 9.97 Å². The summed E-state index contributed by atoms with van der Waals surface area (Å²) in [5, 5.41) is 0. The number of aromatic nitrogens is 2. The average Bonchev–Trinajstić information content (AvgIpc) is 2.95. The number of amides is 1. The second-order valence-corrected chi connectivity index (χ2v) is 10.2. The van der Waals surface area contributed by atoms with E-state index in [0.717, 1.165) is 60.0 Å². The maximum Gasteiger partial charge on any atom is 0.230 e. The molecule has 1 amide bonds. The lowest BCUT2D eigenvalue weighted by Gasteiger charge is -2.38. The highest BCUT2D eigenvalue weighted by Crippen LogP contribution is 2.29. The largest absolute Gasteiger partial charge is 0.353 e. The van der Waals surface area contributed by atoms with Gasteiger partial charge in [0.15, 0.2) is 5.82 Å². The zero-order chi connectivity index (χ0) is 26.5. The molecule has 0 saturated carbocycles. The number of nitrogens with zero attached hydrogens (tertiary/aromatic N) is 4. The first-order valence-corrected chi connectivity index (χ1v) is 13.6. The summed E-state index contributed by atoms with van der Waals surface area (Å²) in [6, 6.07) is 29.0. The summed E-state index contributed by atoms with van der Waals surface area (Å²) in [7, 11) is 0. The van der Waals surface area contributed by atoms with E-state index in [1.54, 1.807) is 0 Å². The molecule has 1 aliphatic rings. The van der Waals surface area contributed by atoms with Crippen LogP contribution >= 0.6 is 0 Å². The quantitative estimate of drug-likeness (QED) is 0.301. The maximum absolute atomic E-state index is 13.5. The smallest absolute Gasteiger partial charge is 0.230 e. The Labute approximate surface area is 226 Å². The highest BCUT2D eigenvalue weighted by atomic mass is 16.2. The fourth-order valence-corrected chi connectivity index (χ4v) is 5.36. The predicted octanol–water partition coefficient (Wildman–Crippen LogP) is 6.19. The van der Waals surface area contributed by atoms with E-state index in [1.807, 2.05) is 29.2 Å². The van der Waals surface area contributed by atoms with Crippen LogP contribution in [0.5, 0.6) is 0 Å². The molecule has 1 fully saturated rings. The van der Waals surface area contributed by atoms with E-state index in [-0.39, 0.29) is 11.8 Å². The second kappa shape index (κ2) is 11.6. The van der Waals surface area contributed by atoms with E-state index in [9.17, 15) is 4.79 Å². The normalized spacial score (nSPS) is 14.4. The van der Waals surface area contributed by atoms with Gasteiger partial charge in [0.2, 0.25) is 5.91 Å². The number of piperazine rings is 1. The van der Waals surface area contributed by atoms with Gasteiger partial charge >= 0.3 is 0 Å². The van der Waals surface area contributed by atoms with Crippen LogP contribution in [0.15, 0.2) is 84.9 Å². The summed E-state index contributed by atoms with van der Waals surface area (Å²) in [6.07, 6.45) is 1.58. The van der Waals surface area contributed by atoms with Crippen molar-refractivity contribution in [1.82, 2.24) is 14.9 Å².